The largest absolute Gasteiger partial charge is 0.493 e. The van der Waals surface area contributed by atoms with Crippen LogP contribution in [0, 0.1) is 0 Å². The van der Waals surface area contributed by atoms with Gasteiger partial charge in [0.25, 0.3) is 0 Å². The first-order valence-corrected chi connectivity index (χ1v) is 10.6. The van der Waals surface area contributed by atoms with Crippen molar-refractivity contribution in [1.29, 1.82) is 0 Å². The Kier molecular flexibility index (Phi) is 9.66. The van der Waals surface area contributed by atoms with Crippen LogP contribution in [0.25, 0.3) is 0 Å². The highest BCUT2D eigenvalue weighted by Gasteiger charge is 2.38. The molecule has 33 heavy (non-hydrogen) atoms. The topological polar surface area (TPSA) is 135 Å². The van der Waals surface area contributed by atoms with Crippen molar-refractivity contribution in [2.24, 2.45) is 0 Å². The molecular weight excluding hydrogens is 467 g/mol. The molecule has 14 heteroatoms. The van der Waals surface area contributed by atoms with E-state index in [1.165, 1.54) is 11.3 Å². The second-order valence-electron chi connectivity index (χ2n) is 6.79. The quantitative estimate of drug-likeness (QED) is 0.485. The minimum Gasteiger partial charge on any atom is -0.493 e. The van der Waals surface area contributed by atoms with Crippen LogP contribution in [0.5, 0.6) is 11.5 Å². The van der Waals surface area contributed by atoms with E-state index in [2.05, 4.69) is 26.1 Å². The van der Waals surface area contributed by atoms with E-state index >= 15 is 0 Å². The first-order chi connectivity index (χ1) is 15.6. The van der Waals surface area contributed by atoms with Crippen LogP contribution in [-0.2, 0) is 11.2 Å². The second kappa shape index (κ2) is 12.2. The number of carbonyl (C=O) groups is 2. The molecule has 0 radical (unpaired) electrons. The highest BCUT2D eigenvalue weighted by molar-refractivity contribution is 7.15. The number of anilines is 1. The summed E-state index contributed by atoms with van der Waals surface area (Å²) in [5.74, 6) is -1.40. The number of amides is 2. The normalized spacial score (nSPS) is 14.0. The standard InChI is InChI=1S/C17H23N5O3S.C2HF3O2/c1-24-13-4-3-11(9-14(13)25-2)10-15-21-22-17(26-15)20-16(23)19-12-5-7-18-8-6-12;3-2(4,5)1(6)7/h3-4,9,12,18H,5-8,10H2,1-2H3,(H2,19,20,22,23);(H,6,7). The Morgan fingerprint density at radius 1 is 1.18 bits per heavy atom. The minimum absolute atomic E-state index is 0.204. The summed E-state index contributed by atoms with van der Waals surface area (Å²) in [6.45, 7) is 1.86. The molecule has 2 heterocycles. The molecule has 1 aromatic carbocycles. The number of rotatable bonds is 6. The lowest BCUT2D eigenvalue weighted by molar-refractivity contribution is -0.192. The molecule has 2 amide bonds. The number of halogens is 3. The van der Waals surface area contributed by atoms with Gasteiger partial charge < -0.3 is 25.2 Å². The molecule has 0 unspecified atom stereocenters. The van der Waals surface area contributed by atoms with Gasteiger partial charge in [-0.3, -0.25) is 5.32 Å². The third kappa shape index (κ3) is 8.73. The van der Waals surface area contributed by atoms with Crippen molar-refractivity contribution in [3.8, 4) is 11.5 Å². The minimum atomic E-state index is -5.08. The smallest absolute Gasteiger partial charge is 0.490 e. The molecule has 2 aromatic rings. The van der Waals surface area contributed by atoms with Crippen LogP contribution in [0.15, 0.2) is 18.2 Å². The lowest BCUT2D eigenvalue weighted by atomic mass is 10.1. The first-order valence-electron chi connectivity index (χ1n) is 9.74. The molecule has 4 N–H and O–H groups in total. The number of ether oxygens (including phenoxy) is 2. The highest BCUT2D eigenvalue weighted by Crippen LogP contribution is 2.29. The number of carboxylic acids is 1. The van der Waals surface area contributed by atoms with Crippen LogP contribution in [0.3, 0.4) is 0 Å². The molecule has 0 aliphatic carbocycles. The lowest BCUT2D eigenvalue weighted by Crippen LogP contribution is -2.44. The van der Waals surface area contributed by atoms with Crippen molar-refractivity contribution in [2.75, 3.05) is 32.6 Å². The van der Waals surface area contributed by atoms with Gasteiger partial charge in [-0.2, -0.15) is 13.2 Å². The molecule has 1 aliphatic heterocycles. The van der Waals surface area contributed by atoms with Crippen molar-refractivity contribution in [3.05, 3.63) is 28.8 Å². The van der Waals surface area contributed by atoms with Gasteiger partial charge in [-0.05, 0) is 43.6 Å². The van der Waals surface area contributed by atoms with Crippen LogP contribution in [0.2, 0.25) is 0 Å². The number of hydrogen-bond donors (Lipinski definition) is 4. The number of nitrogens with one attached hydrogen (secondary N) is 3. The third-order valence-electron chi connectivity index (χ3n) is 4.41. The summed E-state index contributed by atoms with van der Waals surface area (Å²) in [7, 11) is 3.21. The number of nitrogens with zero attached hydrogens (tertiary/aromatic N) is 2. The van der Waals surface area contributed by atoms with Crippen LogP contribution in [0.4, 0.5) is 23.1 Å². The average molecular weight is 491 g/mol. The van der Waals surface area contributed by atoms with Gasteiger partial charge in [0.2, 0.25) is 5.13 Å². The van der Waals surface area contributed by atoms with E-state index in [1.807, 2.05) is 18.2 Å². The summed E-state index contributed by atoms with van der Waals surface area (Å²) in [5, 5.41) is 25.6. The molecule has 0 saturated carbocycles. The molecule has 10 nitrogen and oxygen atoms in total. The fourth-order valence-corrected chi connectivity index (χ4v) is 3.59. The van der Waals surface area contributed by atoms with Crippen molar-refractivity contribution in [2.45, 2.75) is 31.5 Å². The maximum Gasteiger partial charge on any atom is 0.490 e. The Morgan fingerprint density at radius 2 is 1.82 bits per heavy atom. The van der Waals surface area contributed by atoms with Crippen molar-refractivity contribution >= 4 is 28.5 Å². The van der Waals surface area contributed by atoms with Gasteiger partial charge >= 0.3 is 18.2 Å². The maximum atomic E-state index is 12.1. The van der Waals surface area contributed by atoms with E-state index in [4.69, 9.17) is 19.4 Å². The van der Waals surface area contributed by atoms with E-state index in [-0.39, 0.29) is 12.1 Å². The van der Waals surface area contributed by atoms with Crippen molar-refractivity contribution in [3.63, 3.8) is 0 Å². The Labute approximate surface area is 191 Å². The summed E-state index contributed by atoms with van der Waals surface area (Å²) in [4.78, 5) is 21.0. The fraction of sp³-hybridized carbons (Fsp3) is 0.474. The van der Waals surface area contributed by atoms with Crippen molar-refractivity contribution in [1.82, 2.24) is 20.8 Å². The number of carbonyl (C=O) groups excluding carboxylic acids is 1. The number of alkyl halides is 3. The van der Waals surface area contributed by atoms with Gasteiger partial charge in [-0.1, -0.05) is 17.4 Å². The molecule has 0 spiro atoms. The van der Waals surface area contributed by atoms with Gasteiger partial charge in [0.1, 0.15) is 5.01 Å². The predicted octanol–water partition coefficient (Wildman–Crippen LogP) is 2.65. The Hall–Kier alpha value is -3.13. The SMILES string of the molecule is COc1ccc(Cc2nnc(NC(=O)NC3CCNCC3)s2)cc1OC.O=C(O)C(F)(F)F. The van der Waals surface area contributed by atoms with E-state index in [9.17, 15) is 18.0 Å². The molecule has 0 bridgehead atoms. The van der Waals surface area contributed by atoms with Gasteiger partial charge in [-0.15, -0.1) is 10.2 Å². The number of urea groups is 1. The summed E-state index contributed by atoms with van der Waals surface area (Å²) < 4.78 is 42.3. The average Bonchev–Trinajstić information content (AvgIpc) is 3.20. The number of methoxy groups -OCH3 is 2. The molecule has 1 aromatic heterocycles. The summed E-state index contributed by atoms with van der Waals surface area (Å²) in [6, 6.07) is 5.71. The van der Waals surface area contributed by atoms with E-state index in [0.29, 0.717) is 23.1 Å². The highest BCUT2D eigenvalue weighted by atomic mass is 32.1. The summed E-state index contributed by atoms with van der Waals surface area (Å²) >= 11 is 1.36. The zero-order chi connectivity index (χ0) is 24.4. The summed E-state index contributed by atoms with van der Waals surface area (Å²) in [6.07, 6.45) is -2.60. The second-order valence-corrected chi connectivity index (χ2v) is 7.85. The lowest BCUT2D eigenvalue weighted by Gasteiger charge is -2.23. The fourth-order valence-electron chi connectivity index (χ4n) is 2.83. The number of piperidine rings is 1. The third-order valence-corrected chi connectivity index (χ3v) is 5.25. The number of aliphatic carboxylic acids is 1. The van der Waals surface area contributed by atoms with Crippen LogP contribution in [-0.4, -0.2) is 66.8 Å². The monoisotopic (exact) mass is 491 g/mol. The summed E-state index contributed by atoms with van der Waals surface area (Å²) in [5.41, 5.74) is 1.03. The molecule has 3 rings (SSSR count). The molecular formula is C19H24F3N5O5S. The Bertz CT molecular complexity index is 935. The molecule has 0 atom stereocenters. The van der Waals surface area contributed by atoms with Crippen LogP contribution >= 0.6 is 11.3 Å². The molecule has 182 valence electrons. The van der Waals surface area contributed by atoms with Crippen LogP contribution in [0.1, 0.15) is 23.4 Å². The van der Waals surface area contributed by atoms with Gasteiger partial charge in [-0.25, -0.2) is 9.59 Å². The number of carboxylic acid groups (broad SMARTS) is 1. The van der Waals surface area contributed by atoms with Crippen LogP contribution < -0.4 is 25.4 Å². The van der Waals surface area contributed by atoms with Gasteiger partial charge in [0.15, 0.2) is 11.5 Å². The van der Waals surface area contributed by atoms with E-state index < -0.39 is 12.1 Å². The first kappa shape index (κ1) is 26.1. The molecule has 1 aliphatic rings. The number of aromatic nitrogens is 2. The zero-order valence-corrected chi connectivity index (χ0v) is 18.7. The number of benzene rings is 1. The van der Waals surface area contributed by atoms with Crippen molar-refractivity contribution < 1.29 is 37.3 Å². The van der Waals surface area contributed by atoms with E-state index in [0.717, 1.165) is 36.5 Å². The van der Waals surface area contributed by atoms with Gasteiger partial charge in [0.05, 0.1) is 14.2 Å². The zero-order valence-electron chi connectivity index (χ0n) is 17.9. The number of hydrogen-bond acceptors (Lipinski definition) is 8. The van der Waals surface area contributed by atoms with Gasteiger partial charge in [0, 0.05) is 12.5 Å². The predicted molar refractivity (Wildman–Crippen MR) is 114 cm³/mol. The Morgan fingerprint density at radius 3 is 2.39 bits per heavy atom. The van der Waals surface area contributed by atoms with E-state index in [1.54, 1.807) is 14.2 Å². The Balaban J connectivity index is 0.000000479. The molecule has 1 saturated heterocycles. The maximum absolute atomic E-state index is 12.1. The molecule has 1 fully saturated rings.